The number of amides is 1. The topological polar surface area (TPSA) is 114 Å². The number of carboxylic acids is 1. The fourth-order valence-electron chi connectivity index (χ4n) is 2.99. The maximum Gasteiger partial charge on any atom is 0.308 e. The zero-order valence-electron chi connectivity index (χ0n) is 16.0. The molecule has 1 amide bonds. The van der Waals surface area contributed by atoms with Crippen LogP contribution in [0.4, 0.5) is 5.69 Å². The highest BCUT2D eigenvalue weighted by Gasteiger charge is 2.48. The van der Waals surface area contributed by atoms with Crippen molar-refractivity contribution < 1.29 is 29.1 Å². The van der Waals surface area contributed by atoms with E-state index in [-0.39, 0.29) is 12.2 Å². The summed E-state index contributed by atoms with van der Waals surface area (Å²) in [5.74, 6) is -1.24. The van der Waals surface area contributed by atoms with Crippen LogP contribution in [-0.4, -0.2) is 41.2 Å². The largest absolute Gasteiger partial charge is 0.497 e. The first kappa shape index (κ1) is 20.1. The van der Waals surface area contributed by atoms with Crippen molar-refractivity contribution in [2.75, 3.05) is 12.4 Å². The van der Waals surface area contributed by atoms with Gasteiger partial charge in [-0.05, 0) is 61.0 Å². The molecule has 0 spiro atoms. The maximum absolute atomic E-state index is 12.9. The van der Waals surface area contributed by atoms with Gasteiger partial charge in [0.05, 0.1) is 19.2 Å². The fourth-order valence-corrected chi connectivity index (χ4v) is 2.99. The lowest BCUT2D eigenvalue weighted by molar-refractivity contribution is -0.152. The Morgan fingerprint density at radius 1 is 1.14 bits per heavy atom. The van der Waals surface area contributed by atoms with Gasteiger partial charge in [0, 0.05) is 17.7 Å². The van der Waals surface area contributed by atoms with Gasteiger partial charge in [-0.3, -0.25) is 14.4 Å². The molecule has 0 unspecified atom stereocenters. The SMILES string of the molecule is COc1ccc(C2=NO[C@](CC(=O)O)(C(=O)Nc3ccc(C(C)=O)cc3)C2)cc1. The number of carbonyl (C=O) groups excluding carboxylic acids is 2. The van der Waals surface area contributed by atoms with Gasteiger partial charge in [-0.25, -0.2) is 0 Å². The minimum atomic E-state index is -1.67. The van der Waals surface area contributed by atoms with Gasteiger partial charge in [0.2, 0.25) is 5.60 Å². The Labute approximate surface area is 167 Å². The number of benzene rings is 2. The van der Waals surface area contributed by atoms with Crippen molar-refractivity contribution in [2.24, 2.45) is 5.16 Å². The number of methoxy groups -OCH3 is 1. The third-order valence-electron chi connectivity index (χ3n) is 4.61. The molecule has 8 heteroatoms. The van der Waals surface area contributed by atoms with Crippen LogP contribution in [0.2, 0.25) is 0 Å². The van der Waals surface area contributed by atoms with E-state index in [2.05, 4.69) is 10.5 Å². The summed E-state index contributed by atoms with van der Waals surface area (Å²) in [4.78, 5) is 41.1. The molecule has 0 bridgehead atoms. The molecule has 0 aromatic heterocycles. The number of carbonyl (C=O) groups is 3. The number of ether oxygens (including phenoxy) is 1. The molecule has 1 aliphatic heterocycles. The summed E-state index contributed by atoms with van der Waals surface area (Å²) in [5.41, 5.74) is 0.435. The summed E-state index contributed by atoms with van der Waals surface area (Å²) in [6.45, 7) is 1.44. The molecule has 2 N–H and O–H groups in total. The first-order valence-electron chi connectivity index (χ1n) is 8.87. The summed E-state index contributed by atoms with van der Waals surface area (Å²) >= 11 is 0. The van der Waals surface area contributed by atoms with E-state index in [1.165, 1.54) is 6.92 Å². The van der Waals surface area contributed by atoms with Crippen LogP contribution in [0.15, 0.2) is 53.7 Å². The lowest BCUT2D eigenvalue weighted by Crippen LogP contribution is -2.45. The summed E-state index contributed by atoms with van der Waals surface area (Å²) < 4.78 is 5.12. The zero-order chi connectivity index (χ0) is 21.0. The van der Waals surface area contributed by atoms with Crippen LogP contribution >= 0.6 is 0 Å². The molecule has 0 radical (unpaired) electrons. The highest BCUT2D eigenvalue weighted by Crippen LogP contribution is 2.32. The molecule has 29 heavy (non-hydrogen) atoms. The third-order valence-corrected chi connectivity index (χ3v) is 4.61. The average molecular weight is 396 g/mol. The predicted molar refractivity (Wildman–Crippen MR) is 105 cm³/mol. The van der Waals surface area contributed by atoms with Crippen LogP contribution in [0.25, 0.3) is 0 Å². The van der Waals surface area contributed by atoms with E-state index in [0.29, 0.717) is 28.3 Å². The van der Waals surface area contributed by atoms with Gasteiger partial charge < -0.3 is 20.0 Å². The van der Waals surface area contributed by atoms with E-state index >= 15 is 0 Å². The molecule has 0 saturated carbocycles. The van der Waals surface area contributed by atoms with Gasteiger partial charge >= 0.3 is 5.97 Å². The number of oxime groups is 1. The van der Waals surface area contributed by atoms with Crippen LogP contribution < -0.4 is 10.1 Å². The summed E-state index contributed by atoms with van der Waals surface area (Å²) in [6.07, 6.45) is -0.545. The van der Waals surface area contributed by atoms with Crippen molar-refractivity contribution >= 4 is 29.1 Å². The van der Waals surface area contributed by atoms with Crippen LogP contribution in [-0.2, 0) is 14.4 Å². The van der Waals surface area contributed by atoms with E-state index in [0.717, 1.165) is 0 Å². The minimum Gasteiger partial charge on any atom is -0.497 e. The zero-order valence-corrected chi connectivity index (χ0v) is 16.0. The predicted octanol–water partition coefficient (Wildman–Crippen LogP) is 2.87. The molecule has 2 aromatic carbocycles. The van der Waals surface area contributed by atoms with E-state index in [4.69, 9.17) is 9.57 Å². The van der Waals surface area contributed by atoms with Crippen molar-refractivity contribution in [2.45, 2.75) is 25.4 Å². The monoisotopic (exact) mass is 396 g/mol. The molecular weight excluding hydrogens is 376 g/mol. The summed E-state index contributed by atoms with van der Waals surface area (Å²) in [5, 5.41) is 15.9. The quantitative estimate of drug-likeness (QED) is 0.696. The molecular formula is C21H20N2O6. The van der Waals surface area contributed by atoms with Crippen LogP contribution in [0.1, 0.15) is 35.7 Å². The molecule has 0 fully saturated rings. The summed E-state index contributed by atoms with van der Waals surface area (Å²) in [6, 6.07) is 13.3. The van der Waals surface area contributed by atoms with Gasteiger partial charge in [-0.2, -0.15) is 0 Å². The Morgan fingerprint density at radius 2 is 1.79 bits per heavy atom. The highest BCUT2D eigenvalue weighted by atomic mass is 16.7. The second kappa shape index (κ2) is 8.14. The second-order valence-electron chi connectivity index (χ2n) is 6.69. The Hall–Kier alpha value is -3.68. The van der Waals surface area contributed by atoms with Crippen molar-refractivity contribution in [3.63, 3.8) is 0 Å². The first-order valence-corrected chi connectivity index (χ1v) is 8.87. The van der Waals surface area contributed by atoms with Crippen molar-refractivity contribution in [1.82, 2.24) is 0 Å². The molecule has 1 atom stereocenters. The highest BCUT2D eigenvalue weighted by molar-refractivity contribution is 6.09. The maximum atomic E-state index is 12.9. The summed E-state index contributed by atoms with van der Waals surface area (Å²) in [7, 11) is 1.55. The first-order chi connectivity index (χ1) is 13.8. The molecule has 2 aromatic rings. The van der Waals surface area contributed by atoms with E-state index in [1.54, 1.807) is 55.6 Å². The number of anilines is 1. The normalized spacial score (nSPS) is 17.8. The van der Waals surface area contributed by atoms with Crippen molar-refractivity contribution in [3.05, 3.63) is 59.7 Å². The number of nitrogens with one attached hydrogen (secondary N) is 1. The lowest BCUT2D eigenvalue weighted by atomic mass is 9.90. The number of hydrogen-bond donors (Lipinski definition) is 2. The number of ketones is 1. The molecule has 1 heterocycles. The number of rotatable bonds is 7. The Kier molecular flexibility index (Phi) is 5.63. The van der Waals surface area contributed by atoms with E-state index in [1.807, 2.05) is 0 Å². The number of aliphatic carboxylic acids is 1. The van der Waals surface area contributed by atoms with Gasteiger partial charge in [-0.15, -0.1) is 0 Å². The molecule has 3 rings (SSSR count). The Morgan fingerprint density at radius 3 is 2.34 bits per heavy atom. The van der Waals surface area contributed by atoms with Crippen molar-refractivity contribution in [3.8, 4) is 5.75 Å². The number of hydrogen-bond acceptors (Lipinski definition) is 6. The molecule has 8 nitrogen and oxygen atoms in total. The van der Waals surface area contributed by atoms with Crippen LogP contribution in [0.3, 0.4) is 0 Å². The third kappa shape index (κ3) is 4.43. The smallest absolute Gasteiger partial charge is 0.308 e. The minimum absolute atomic E-state index is 0.00297. The lowest BCUT2D eigenvalue weighted by Gasteiger charge is -2.23. The molecule has 0 aliphatic carbocycles. The molecule has 0 saturated heterocycles. The average Bonchev–Trinajstić information content (AvgIpc) is 3.13. The number of nitrogens with zero attached hydrogens (tertiary/aromatic N) is 1. The van der Waals surface area contributed by atoms with Crippen LogP contribution in [0, 0.1) is 0 Å². The van der Waals surface area contributed by atoms with Crippen molar-refractivity contribution in [1.29, 1.82) is 0 Å². The fraction of sp³-hybridized carbons (Fsp3) is 0.238. The molecule has 150 valence electrons. The number of Topliss-reactive ketones (excluding diaryl/α,β-unsaturated/α-hetero) is 1. The van der Waals surface area contributed by atoms with E-state index < -0.39 is 23.9 Å². The van der Waals surface area contributed by atoms with Gasteiger partial charge in [0.15, 0.2) is 5.78 Å². The van der Waals surface area contributed by atoms with E-state index in [9.17, 15) is 19.5 Å². The van der Waals surface area contributed by atoms with Gasteiger partial charge in [0.1, 0.15) is 5.75 Å². The second-order valence-corrected chi connectivity index (χ2v) is 6.69. The van der Waals surface area contributed by atoms with Gasteiger partial charge in [-0.1, -0.05) is 5.16 Å². The van der Waals surface area contributed by atoms with Crippen LogP contribution in [0.5, 0.6) is 5.75 Å². The Balaban J connectivity index is 1.79. The Bertz CT molecular complexity index is 966. The number of carboxylic acid groups (broad SMARTS) is 1. The standard InChI is InChI=1S/C21H20N2O6/c1-13(24)14-3-7-16(8-4-14)22-20(27)21(12-19(25)26)11-18(23-29-21)15-5-9-17(28-2)10-6-15/h3-10H,11-12H2,1-2H3,(H,22,27)(H,25,26)/t21-/m1/s1. The molecule has 1 aliphatic rings. The van der Waals surface area contributed by atoms with Gasteiger partial charge in [0.25, 0.3) is 5.91 Å².